The highest BCUT2D eigenvalue weighted by atomic mass is 16.2. The molecule has 21 heavy (non-hydrogen) atoms. The Labute approximate surface area is 124 Å². The molecule has 4 heteroatoms. The Hall–Kier alpha value is -1.84. The fraction of sp³-hybridized carbons (Fsp3) is 0.529. The van der Waals surface area contributed by atoms with E-state index in [1.165, 1.54) is 5.56 Å². The topological polar surface area (TPSA) is 49.0 Å². The van der Waals surface area contributed by atoms with Crippen molar-refractivity contribution >= 4 is 16.9 Å². The summed E-state index contributed by atoms with van der Waals surface area (Å²) in [7, 11) is 0. The van der Waals surface area contributed by atoms with Crippen molar-refractivity contribution in [2.75, 3.05) is 13.1 Å². The van der Waals surface area contributed by atoms with Crippen molar-refractivity contribution in [3.63, 3.8) is 0 Å². The maximum atomic E-state index is 12.1. The summed E-state index contributed by atoms with van der Waals surface area (Å²) >= 11 is 0. The predicted molar refractivity (Wildman–Crippen MR) is 82.1 cm³/mol. The molecule has 1 aliphatic carbocycles. The molecule has 1 aliphatic heterocycles. The first-order valence-corrected chi connectivity index (χ1v) is 7.96. The molecule has 0 bridgehead atoms. The van der Waals surface area contributed by atoms with E-state index in [1.807, 2.05) is 0 Å². The molecule has 4 rings (SSSR count). The zero-order valence-corrected chi connectivity index (χ0v) is 12.4. The number of aromatic amines is 1. The number of hydrogen-bond acceptors (Lipinski definition) is 2. The van der Waals surface area contributed by atoms with Gasteiger partial charge in [-0.25, -0.2) is 4.98 Å². The molecule has 1 N–H and O–H groups in total. The third-order valence-electron chi connectivity index (χ3n) is 4.78. The number of amides is 1. The maximum absolute atomic E-state index is 12.1. The van der Waals surface area contributed by atoms with Crippen LogP contribution in [0.5, 0.6) is 0 Å². The smallest absolute Gasteiger partial charge is 0.225 e. The number of imidazole rings is 1. The number of H-pyrrole nitrogens is 1. The highest BCUT2D eigenvalue weighted by molar-refractivity contribution is 5.81. The van der Waals surface area contributed by atoms with E-state index in [-0.39, 0.29) is 0 Å². The van der Waals surface area contributed by atoms with E-state index < -0.39 is 0 Å². The zero-order valence-electron chi connectivity index (χ0n) is 12.4. The molecular formula is C17H21N3O. The van der Waals surface area contributed by atoms with Crippen molar-refractivity contribution in [3.05, 3.63) is 29.6 Å². The monoisotopic (exact) mass is 283 g/mol. The largest absolute Gasteiger partial charge is 0.342 e. The molecular weight excluding hydrogens is 262 g/mol. The number of nitrogens with zero attached hydrogens (tertiary/aromatic N) is 2. The predicted octanol–water partition coefficient (Wildman–Crippen LogP) is 2.99. The fourth-order valence-electron chi connectivity index (χ4n) is 3.30. The van der Waals surface area contributed by atoms with Crippen molar-refractivity contribution in [2.24, 2.45) is 5.92 Å². The second-order valence-electron chi connectivity index (χ2n) is 6.52. The lowest BCUT2D eigenvalue weighted by molar-refractivity contribution is -0.133. The summed E-state index contributed by atoms with van der Waals surface area (Å²) in [6.07, 6.45) is 4.25. The number of aryl methyl sites for hydroxylation is 1. The zero-order chi connectivity index (χ0) is 14.4. The Balaban J connectivity index is 1.48. The van der Waals surface area contributed by atoms with Gasteiger partial charge < -0.3 is 9.88 Å². The van der Waals surface area contributed by atoms with Crippen LogP contribution in [0.3, 0.4) is 0 Å². The van der Waals surface area contributed by atoms with E-state index >= 15 is 0 Å². The van der Waals surface area contributed by atoms with Gasteiger partial charge in [0.15, 0.2) is 0 Å². The molecule has 0 spiro atoms. The van der Waals surface area contributed by atoms with E-state index in [9.17, 15) is 4.79 Å². The van der Waals surface area contributed by atoms with Crippen LogP contribution in [-0.4, -0.2) is 33.9 Å². The number of piperidine rings is 1. The number of carbonyl (C=O) groups excluding carboxylic acids is 1. The van der Waals surface area contributed by atoms with Crippen LogP contribution < -0.4 is 0 Å². The summed E-state index contributed by atoms with van der Waals surface area (Å²) in [4.78, 5) is 22.3. The van der Waals surface area contributed by atoms with Crippen molar-refractivity contribution in [1.29, 1.82) is 0 Å². The molecule has 1 amide bonds. The lowest BCUT2D eigenvalue weighted by Crippen LogP contribution is -2.38. The van der Waals surface area contributed by atoms with Gasteiger partial charge in [-0.05, 0) is 50.3 Å². The van der Waals surface area contributed by atoms with Crippen LogP contribution in [0, 0.1) is 12.8 Å². The number of aromatic nitrogens is 2. The summed E-state index contributed by atoms with van der Waals surface area (Å²) < 4.78 is 0. The van der Waals surface area contributed by atoms with Gasteiger partial charge >= 0.3 is 0 Å². The lowest BCUT2D eigenvalue weighted by Gasteiger charge is -2.31. The summed E-state index contributed by atoms with van der Waals surface area (Å²) in [5.41, 5.74) is 3.43. The Morgan fingerprint density at radius 1 is 1.24 bits per heavy atom. The summed E-state index contributed by atoms with van der Waals surface area (Å²) in [5.74, 6) is 2.28. The Morgan fingerprint density at radius 3 is 2.71 bits per heavy atom. The van der Waals surface area contributed by atoms with Gasteiger partial charge in [0.25, 0.3) is 0 Å². The van der Waals surface area contributed by atoms with Gasteiger partial charge in [-0.3, -0.25) is 4.79 Å². The average molecular weight is 283 g/mol. The molecule has 1 aromatic heterocycles. The molecule has 0 unspecified atom stereocenters. The van der Waals surface area contributed by atoms with Gasteiger partial charge in [0.2, 0.25) is 5.91 Å². The molecule has 110 valence electrons. The van der Waals surface area contributed by atoms with Crippen LogP contribution in [0.25, 0.3) is 11.0 Å². The van der Waals surface area contributed by atoms with Gasteiger partial charge in [0.05, 0.1) is 11.0 Å². The van der Waals surface area contributed by atoms with Gasteiger partial charge in [-0.2, -0.15) is 0 Å². The van der Waals surface area contributed by atoms with Crippen molar-refractivity contribution in [2.45, 2.75) is 38.5 Å². The summed E-state index contributed by atoms with van der Waals surface area (Å²) in [5, 5.41) is 0. The highest BCUT2D eigenvalue weighted by Gasteiger charge is 2.35. The van der Waals surface area contributed by atoms with Crippen molar-refractivity contribution in [3.8, 4) is 0 Å². The number of benzene rings is 1. The number of rotatable bonds is 2. The third-order valence-corrected chi connectivity index (χ3v) is 4.78. The Bertz CT molecular complexity index is 678. The minimum atomic E-state index is 0.343. The molecule has 0 atom stereocenters. The first-order valence-electron chi connectivity index (χ1n) is 7.96. The Morgan fingerprint density at radius 2 is 2.00 bits per heavy atom. The van der Waals surface area contributed by atoms with E-state index in [0.717, 1.165) is 55.6 Å². The number of carbonyl (C=O) groups is 1. The average Bonchev–Trinajstić information content (AvgIpc) is 3.26. The lowest BCUT2D eigenvalue weighted by atomic mass is 9.96. The minimum Gasteiger partial charge on any atom is -0.342 e. The van der Waals surface area contributed by atoms with Gasteiger partial charge in [0, 0.05) is 24.9 Å². The van der Waals surface area contributed by atoms with E-state index in [0.29, 0.717) is 17.7 Å². The minimum absolute atomic E-state index is 0.343. The molecule has 1 saturated heterocycles. The first kappa shape index (κ1) is 12.9. The van der Waals surface area contributed by atoms with Crippen LogP contribution in [0.1, 0.15) is 43.0 Å². The molecule has 1 aromatic carbocycles. The summed E-state index contributed by atoms with van der Waals surface area (Å²) in [6, 6.07) is 6.33. The van der Waals surface area contributed by atoms with Crippen molar-refractivity contribution < 1.29 is 4.79 Å². The first-order chi connectivity index (χ1) is 10.2. The number of likely N-dealkylation sites (tertiary alicyclic amines) is 1. The maximum Gasteiger partial charge on any atom is 0.225 e. The van der Waals surface area contributed by atoms with Crippen LogP contribution in [0.4, 0.5) is 0 Å². The van der Waals surface area contributed by atoms with E-state index in [1.54, 1.807) is 0 Å². The van der Waals surface area contributed by atoms with Gasteiger partial charge in [-0.15, -0.1) is 0 Å². The van der Waals surface area contributed by atoms with E-state index in [2.05, 4.69) is 35.0 Å². The molecule has 2 aromatic rings. The van der Waals surface area contributed by atoms with Gasteiger partial charge in [0.1, 0.15) is 5.82 Å². The number of hydrogen-bond donors (Lipinski definition) is 1. The molecule has 0 radical (unpaired) electrons. The van der Waals surface area contributed by atoms with Crippen LogP contribution in [0.15, 0.2) is 18.2 Å². The molecule has 2 heterocycles. The van der Waals surface area contributed by atoms with Crippen LogP contribution >= 0.6 is 0 Å². The normalized spacial score (nSPS) is 20.1. The molecule has 4 nitrogen and oxygen atoms in total. The second-order valence-corrected chi connectivity index (χ2v) is 6.52. The number of nitrogens with one attached hydrogen (secondary N) is 1. The molecule has 2 aliphatic rings. The highest BCUT2D eigenvalue weighted by Crippen LogP contribution is 2.34. The standard InChI is InChI=1S/C17H21N3O/c1-11-2-5-14-15(10-11)19-16(18-14)12-6-8-20(9-7-12)17(21)13-3-4-13/h2,5,10,12-13H,3-4,6-9H2,1H3,(H,18,19). The second kappa shape index (κ2) is 4.86. The number of fused-ring (bicyclic) bond motifs is 1. The SMILES string of the molecule is Cc1ccc2nc(C3CCN(C(=O)C4CC4)CC3)[nH]c2c1. The third kappa shape index (κ3) is 2.43. The van der Waals surface area contributed by atoms with Crippen molar-refractivity contribution in [1.82, 2.24) is 14.9 Å². The molecule has 1 saturated carbocycles. The fourth-order valence-corrected chi connectivity index (χ4v) is 3.30. The van der Waals surface area contributed by atoms with Gasteiger partial charge in [-0.1, -0.05) is 6.07 Å². The van der Waals surface area contributed by atoms with Crippen LogP contribution in [0.2, 0.25) is 0 Å². The van der Waals surface area contributed by atoms with Crippen LogP contribution in [-0.2, 0) is 4.79 Å². The van der Waals surface area contributed by atoms with E-state index in [4.69, 9.17) is 4.98 Å². The summed E-state index contributed by atoms with van der Waals surface area (Å²) in [6.45, 7) is 3.87. The quantitative estimate of drug-likeness (QED) is 0.921. The molecule has 2 fully saturated rings. The Kier molecular flexibility index (Phi) is 2.98.